The minimum absolute atomic E-state index is 0.289. The molecule has 0 aromatic rings. The normalized spacial score (nSPS) is 14.2. The highest BCUT2D eigenvalue weighted by atomic mass is 16.5. The lowest BCUT2D eigenvalue weighted by Crippen LogP contribution is -2.26. The maximum atomic E-state index is 10.5. The van der Waals surface area contributed by atoms with Crippen LogP contribution in [0.25, 0.3) is 0 Å². The van der Waals surface area contributed by atoms with Gasteiger partial charge in [-0.25, -0.2) is 0 Å². The Morgan fingerprint density at radius 2 is 1.93 bits per heavy atom. The Bertz CT molecular complexity index is 225. The van der Waals surface area contributed by atoms with Crippen molar-refractivity contribution in [2.24, 2.45) is 0 Å². The lowest BCUT2D eigenvalue weighted by atomic mass is 9.96. The lowest BCUT2D eigenvalue weighted by Gasteiger charge is -2.22. The minimum atomic E-state index is -0.749. The van der Waals surface area contributed by atoms with E-state index in [2.05, 4.69) is 6.08 Å². The van der Waals surface area contributed by atoms with Gasteiger partial charge in [0, 0.05) is 13.3 Å². The summed E-state index contributed by atoms with van der Waals surface area (Å²) in [7, 11) is 0. The smallest absolute Gasteiger partial charge is 0.302 e. The molecular formula is C12H22O3. The number of aliphatic hydroxyl groups is 1. The van der Waals surface area contributed by atoms with Crippen LogP contribution in [0.1, 0.15) is 47.0 Å². The molecule has 3 heteroatoms. The van der Waals surface area contributed by atoms with Crippen LogP contribution in [0.3, 0.4) is 0 Å². The van der Waals surface area contributed by atoms with Crippen molar-refractivity contribution in [2.45, 2.75) is 52.6 Å². The highest BCUT2D eigenvalue weighted by Crippen LogP contribution is 2.17. The number of hydrogen-bond acceptors (Lipinski definition) is 3. The summed E-state index contributed by atoms with van der Waals surface area (Å²) < 4.78 is 4.79. The Kier molecular flexibility index (Phi) is 6.25. The predicted molar refractivity (Wildman–Crippen MR) is 60.5 cm³/mol. The molecule has 0 saturated heterocycles. The molecule has 0 aromatic heterocycles. The summed E-state index contributed by atoms with van der Waals surface area (Å²) in [5.41, 5.74) is 0.507. The molecule has 0 aromatic carbocycles. The largest absolute Gasteiger partial charge is 0.466 e. The van der Waals surface area contributed by atoms with Crippen molar-refractivity contribution < 1.29 is 14.6 Å². The molecule has 1 N–H and O–H groups in total. The van der Waals surface area contributed by atoms with Crippen molar-refractivity contribution in [1.29, 1.82) is 0 Å². The van der Waals surface area contributed by atoms with Crippen LogP contribution in [0.5, 0.6) is 0 Å². The van der Waals surface area contributed by atoms with Gasteiger partial charge in [-0.1, -0.05) is 11.6 Å². The summed E-state index contributed by atoms with van der Waals surface area (Å²) in [5, 5.41) is 9.92. The highest BCUT2D eigenvalue weighted by molar-refractivity contribution is 5.65. The predicted octanol–water partition coefficient (Wildman–Crippen LogP) is 2.44. The zero-order valence-corrected chi connectivity index (χ0v) is 10.2. The summed E-state index contributed by atoms with van der Waals surface area (Å²) in [6.07, 6.45) is 4.14. The third-order valence-corrected chi connectivity index (χ3v) is 2.18. The van der Waals surface area contributed by atoms with Crippen LogP contribution in [-0.4, -0.2) is 23.3 Å². The van der Waals surface area contributed by atoms with E-state index in [1.165, 1.54) is 12.5 Å². The first-order valence-corrected chi connectivity index (χ1v) is 5.32. The van der Waals surface area contributed by atoms with Gasteiger partial charge >= 0.3 is 5.97 Å². The monoisotopic (exact) mass is 214 g/mol. The minimum Gasteiger partial charge on any atom is -0.466 e. The standard InChI is InChI=1S/C12H22O3/c1-10(2)6-5-7-12(4,14)8-9-15-11(3)13/h6,14H,5,7-9H2,1-4H3. The molecule has 0 radical (unpaired) electrons. The van der Waals surface area contributed by atoms with Gasteiger partial charge < -0.3 is 9.84 Å². The molecule has 0 aliphatic heterocycles. The third-order valence-electron chi connectivity index (χ3n) is 2.18. The SMILES string of the molecule is CC(=O)OCCC(C)(O)CCC=C(C)C. The number of rotatable bonds is 6. The molecule has 1 unspecified atom stereocenters. The number of esters is 1. The van der Waals surface area contributed by atoms with E-state index in [1.54, 1.807) is 6.92 Å². The van der Waals surface area contributed by atoms with E-state index < -0.39 is 5.60 Å². The van der Waals surface area contributed by atoms with Gasteiger partial charge in [-0.05, 0) is 33.6 Å². The molecule has 0 spiro atoms. The van der Waals surface area contributed by atoms with Crippen molar-refractivity contribution >= 4 is 5.97 Å². The number of allylic oxidation sites excluding steroid dienone is 2. The quantitative estimate of drug-likeness (QED) is 0.545. The lowest BCUT2D eigenvalue weighted by molar-refractivity contribution is -0.142. The third kappa shape index (κ3) is 9.47. The molecule has 88 valence electrons. The Morgan fingerprint density at radius 1 is 1.33 bits per heavy atom. The fraction of sp³-hybridized carbons (Fsp3) is 0.750. The molecule has 0 aliphatic rings. The van der Waals surface area contributed by atoms with Crippen LogP contribution in [0, 0.1) is 0 Å². The Balaban J connectivity index is 3.76. The molecular weight excluding hydrogens is 192 g/mol. The first-order valence-electron chi connectivity index (χ1n) is 5.32. The first-order chi connectivity index (χ1) is 6.83. The van der Waals surface area contributed by atoms with Crippen LogP contribution in [0.15, 0.2) is 11.6 Å². The molecule has 15 heavy (non-hydrogen) atoms. The molecule has 0 heterocycles. The molecule has 0 saturated carbocycles. The Labute approximate surface area is 92.1 Å². The van der Waals surface area contributed by atoms with E-state index in [0.717, 1.165) is 6.42 Å². The molecule has 0 amide bonds. The highest BCUT2D eigenvalue weighted by Gasteiger charge is 2.19. The fourth-order valence-corrected chi connectivity index (χ4v) is 1.21. The van der Waals surface area contributed by atoms with Crippen molar-refractivity contribution in [3.8, 4) is 0 Å². The van der Waals surface area contributed by atoms with E-state index in [4.69, 9.17) is 4.74 Å². The van der Waals surface area contributed by atoms with Gasteiger partial charge in [0.2, 0.25) is 0 Å². The van der Waals surface area contributed by atoms with E-state index in [1.807, 2.05) is 13.8 Å². The van der Waals surface area contributed by atoms with Crippen molar-refractivity contribution in [3.63, 3.8) is 0 Å². The van der Waals surface area contributed by atoms with E-state index in [9.17, 15) is 9.90 Å². The number of carbonyl (C=O) groups is 1. The summed E-state index contributed by atoms with van der Waals surface area (Å²) in [5.74, 6) is -0.296. The molecule has 0 fully saturated rings. The maximum Gasteiger partial charge on any atom is 0.302 e. The molecule has 0 bridgehead atoms. The van der Waals surface area contributed by atoms with Crippen LogP contribution < -0.4 is 0 Å². The van der Waals surface area contributed by atoms with Crippen LogP contribution >= 0.6 is 0 Å². The van der Waals surface area contributed by atoms with Gasteiger partial charge in [0.25, 0.3) is 0 Å². The Morgan fingerprint density at radius 3 is 2.40 bits per heavy atom. The molecule has 1 atom stereocenters. The molecule has 0 rings (SSSR count). The summed E-state index contributed by atoms with van der Waals surface area (Å²) in [4.78, 5) is 10.5. The fourth-order valence-electron chi connectivity index (χ4n) is 1.21. The summed E-state index contributed by atoms with van der Waals surface area (Å²) in [6.45, 7) is 7.51. The van der Waals surface area contributed by atoms with Crippen LogP contribution in [0.2, 0.25) is 0 Å². The van der Waals surface area contributed by atoms with Gasteiger partial charge in [0.15, 0.2) is 0 Å². The van der Waals surface area contributed by atoms with Crippen molar-refractivity contribution in [1.82, 2.24) is 0 Å². The average molecular weight is 214 g/mol. The van der Waals surface area contributed by atoms with Crippen LogP contribution in [0.4, 0.5) is 0 Å². The zero-order chi connectivity index (χ0) is 11.9. The second-order valence-corrected chi connectivity index (χ2v) is 4.41. The zero-order valence-electron chi connectivity index (χ0n) is 10.2. The van der Waals surface area contributed by atoms with E-state index in [0.29, 0.717) is 12.8 Å². The molecule has 3 nitrogen and oxygen atoms in total. The van der Waals surface area contributed by atoms with Gasteiger partial charge in [0.05, 0.1) is 12.2 Å². The number of hydrogen-bond donors (Lipinski definition) is 1. The topological polar surface area (TPSA) is 46.5 Å². The van der Waals surface area contributed by atoms with Crippen molar-refractivity contribution in [3.05, 3.63) is 11.6 Å². The average Bonchev–Trinajstić information content (AvgIpc) is 2.01. The number of ether oxygens (including phenoxy) is 1. The maximum absolute atomic E-state index is 10.5. The molecule has 0 aliphatic carbocycles. The van der Waals surface area contributed by atoms with Crippen molar-refractivity contribution in [2.75, 3.05) is 6.61 Å². The summed E-state index contributed by atoms with van der Waals surface area (Å²) in [6, 6.07) is 0. The second kappa shape index (κ2) is 6.62. The van der Waals surface area contributed by atoms with Gasteiger partial charge in [-0.3, -0.25) is 4.79 Å². The van der Waals surface area contributed by atoms with Gasteiger partial charge in [0.1, 0.15) is 0 Å². The number of carbonyl (C=O) groups excluding carboxylic acids is 1. The first kappa shape index (κ1) is 14.2. The van der Waals surface area contributed by atoms with E-state index in [-0.39, 0.29) is 12.6 Å². The van der Waals surface area contributed by atoms with E-state index >= 15 is 0 Å². The van der Waals surface area contributed by atoms with Gasteiger partial charge in [-0.2, -0.15) is 0 Å². The Hall–Kier alpha value is -0.830. The van der Waals surface area contributed by atoms with Crippen LogP contribution in [-0.2, 0) is 9.53 Å². The second-order valence-electron chi connectivity index (χ2n) is 4.41. The summed E-state index contributed by atoms with van der Waals surface area (Å²) >= 11 is 0. The van der Waals surface area contributed by atoms with Gasteiger partial charge in [-0.15, -0.1) is 0 Å².